The third-order valence-electron chi connectivity index (χ3n) is 4.00. The molecule has 17 heavy (non-hydrogen) atoms. The van der Waals surface area contributed by atoms with E-state index in [2.05, 4.69) is 12.1 Å². The Kier molecular flexibility index (Phi) is 2.96. The summed E-state index contributed by atoms with van der Waals surface area (Å²) in [5.74, 6) is 2.56. The predicted molar refractivity (Wildman–Crippen MR) is 70.3 cm³/mol. The highest BCUT2D eigenvalue weighted by molar-refractivity contribution is 5.50. The lowest BCUT2D eigenvalue weighted by atomic mass is 10.1. The van der Waals surface area contributed by atoms with E-state index in [0.29, 0.717) is 5.92 Å². The first kappa shape index (κ1) is 10.9. The number of hydrogen-bond acceptors (Lipinski definition) is 2. The van der Waals surface area contributed by atoms with Crippen LogP contribution in [-0.2, 0) is 0 Å². The molecule has 0 aliphatic heterocycles. The summed E-state index contributed by atoms with van der Waals surface area (Å²) in [6, 6.07) is 6.11. The quantitative estimate of drug-likeness (QED) is 0.802. The summed E-state index contributed by atoms with van der Waals surface area (Å²) in [4.78, 5) is 0. The molecular formula is C15H21NO. The van der Waals surface area contributed by atoms with E-state index in [9.17, 15) is 0 Å². The minimum atomic E-state index is 0.706. The van der Waals surface area contributed by atoms with Gasteiger partial charge in [-0.25, -0.2) is 0 Å². The van der Waals surface area contributed by atoms with Gasteiger partial charge in [-0.3, -0.25) is 0 Å². The molecule has 92 valence electrons. The van der Waals surface area contributed by atoms with Crippen molar-refractivity contribution in [2.45, 2.75) is 44.4 Å². The van der Waals surface area contributed by atoms with E-state index in [1.54, 1.807) is 0 Å². The molecular weight excluding hydrogens is 210 g/mol. The maximum absolute atomic E-state index is 6.02. The molecule has 2 heteroatoms. The second kappa shape index (κ2) is 4.59. The fraction of sp³-hybridized carbons (Fsp3) is 0.600. The van der Waals surface area contributed by atoms with Crippen LogP contribution in [0.1, 0.15) is 50.0 Å². The maximum atomic E-state index is 6.02. The van der Waals surface area contributed by atoms with Crippen LogP contribution in [0.5, 0.6) is 5.75 Å². The van der Waals surface area contributed by atoms with Gasteiger partial charge in [0.1, 0.15) is 5.75 Å². The summed E-state index contributed by atoms with van der Waals surface area (Å²) < 4.78 is 6.02. The molecule has 0 bridgehead atoms. The molecule has 2 nitrogen and oxygen atoms in total. The second-order valence-electron chi connectivity index (χ2n) is 5.53. The standard InChI is InChI=1S/C15H21NO/c16-13-7-8-15(14(9-13)12-5-6-12)17-10-11-3-1-2-4-11/h7-9,11-12H,1-6,10,16H2. The highest BCUT2D eigenvalue weighted by Crippen LogP contribution is 2.45. The molecule has 0 amide bonds. The Hall–Kier alpha value is -1.18. The van der Waals surface area contributed by atoms with E-state index in [4.69, 9.17) is 10.5 Å². The molecule has 2 aliphatic rings. The fourth-order valence-corrected chi connectivity index (χ4v) is 2.80. The second-order valence-corrected chi connectivity index (χ2v) is 5.53. The molecule has 1 aromatic carbocycles. The number of rotatable bonds is 4. The van der Waals surface area contributed by atoms with Crippen LogP contribution in [0.3, 0.4) is 0 Å². The van der Waals surface area contributed by atoms with E-state index >= 15 is 0 Å². The van der Waals surface area contributed by atoms with E-state index in [1.807, 2.05) is 6.07 Å². The average molecular weight is 231 g/mol. The maximum Gasteiger partial charge on any atom is 0.122 e. The monoisotopic (exact) mass is 231 g/mol. The highest BCUT2D eigenvalue weighted by Gasteiger charge is 2.27. The van der Waals surface area contributed by atoms with Crippen molar-refractivity contribution in [2.24, 2.45) is 5.92 Å². The lowest BCUT2D eigenvalue weighted by Crippen LogP contribution is -2.09. The largest absolute Gasteiger partial charge is 0.493 e. The van der Waals surface area contributed by atoms with Gasteiger partial charge in [0.15, 0.2) is 0 Å². The van der Waals surface area contributed by atoms with Crippen molar-refractivity contribution in [1.29, 1.82) is 0 Å². The molecule has 2 N–H and O–H groups in total. The van der Waals surface area contributed by atoms with E-state index < -0.39 is 0 Å². The number of anilines is 1. The minimum Gasteiger partial charge on any atom is -0.493 e. The summed E-state index contributed by atoms with van der Waals surface area (Å²) in [5, 5.41) is 0. The van der Waals surface area contributed by atoms with Crippen LogP contribution in [0.25, 0.3) is 0 Å². The number of hydrogen-bond donors (Lipinski definition) is 1. The Morgan fingerprint density at radius 2 is 1.88 bits per heavy atom. The van der Waals surface area contributed by atoms with Crippen molar-refractivity contribution in [3.8, 4) is 5.75 Å². The van der Waals surface area contributed by atoms with Gasteiger partial charge in [-0.1, -0.05) is 12.8 Å². The van der Waals surface area contributed by atoms with Gasteiger partial charge in [-0.2, -0.15) is 0 Å². The van der Waals surface area contributed by atoms with Gasteiger partial charge in [0.05, 0.1) is 6.61 Å². The Labute approximate surface area is 103 Å². The number of nitrogen functional groups attached to an aromatic ring is 1. The topological polar surface area (TPSA) is 35.2 Å². The summed E-state index contributed by atoms with van der Waals surface area (Å²) in [7, 11) is 0. The zero-order valence-electron chi connectivity index (χ0n) is 10.3. The first-order valence-corrected chi connectivity index (χ1v) is 6.85. The smallest absolute Gasteiger partial charge is 0.122 e. The van der Waals surface area contributed by atoms with Crippen molar-refractivity contribution >= 4 is 5.69 Å². The molecule has 0 aromatic heterocycles. The van der Waals surface area contributed by atoms with Gasteiger partial charge in [0.25, 0.3) is 0 Å². The zero-order chi connectivity index (χ0) is 11.7. The third-order valence-corrected chi connectivity index (χ3v) is 4.00. The Morgan fingerprint density at radius 1 is 1.12 bits per heavy atom. The molecule has 0 heterocycles. The first-order chi connectivity index (χ1) is 8.33. The third kappa shape index (κ3) is 2.56. The highest BCUT2D eigenvalue weighted by atomic mass is 16.5. The average Bonchev–Trinajstić information content (AvgIpc) is 3.05. The molecule has 0 radical (unpaired) electrons. The van der Waals surface area contributed by atoms with Crippen LogP contribution in [0, 0.1) is 5.92 Å². The molecule has 2 fully saturated rings. The van der Waals surface area contributed by atoms with Crippen LogP contribution < -0.4 is 10.5 Å². The number of ether oxygens (including phenoxy) is 1. The summed E-state index contributed by atoms with van der Waals surface area (Å²) in [6.07, 6.45) is 8.03. The van der Waals surface area contributed by atoms with Crippen LogP contribution in [-0.4, -0.2) is 6.61 Å². The van der Waals surface area contributed by atoms with E-state index in [0.717, 1.165) is 24.0 Å². The van der Waals surface area contributed by atoms with Crippen molar-refractivity contribution in [2.75, 3.05) is 12.3 Å². The van der Waals surface area contributed by atoms with Crippen LogP contribution in [0.2, 0.25) is 0 Å². The lowest BCUT2D eigenvalue weighted by molar-refractivity contribution is 0.250. The van der Waals surface area contributed by atoms with E-state index in [1.165, 1.54) is 44.1 Å². The Balaban J connectivity index is 1.68. The number of benzene rings is 1. The van der Waals surface area contributed by atoms with Gasteiger partial charge in [-0.15, -0.1) is 0 Å². The Bertz CT molecular complexity index is 392. The van der Waals surface area contributed by atoms with Gasteiger partial charge < -0.3 is 10.5 Å². The molecule has 1 aromatic rings. The minimum absolute atomic E-state index is 0.706. The normalized spacial score (nSPS) is 20.7. The van der Waals surface area contributed by atoms with Crippen molar-refractivity contribution in [1.82, 2.24) is 0 Å². The van der Waals surface area contributed by atoms with Gasteiger partial charge in [-0.05, 0) is 61.3 Å². The first-order valence-electron chi connectivity index (χ1n) is 6.85. The van der Waals surface area contributed by atoms with Gasteiger partial charge in [0.2, 0.25) is 0 Å². The molecule has 0 unspecified atom stereocenters. The van der Waals surface area contributed by atoms with Crippen molar-refractivity contribution in [3.63, 3.8) is 0 Å². The summed E-state index contributed by atoms with van der Waals surface area (Å²) >= 11 is 0. The van der Waals surface area contributed by atoms with Crippen LogP contribution in [0.4, 0.5) is 5.69 Å². The molecule has 2 saturated carbocycles. The SMILES string of the molecule is Nc1ccc(OCC2CCCC2)c(C2CC2)c1. The fourth-order valence-electron chi connectivity index (χ4n) is 2.80. The zero-order valence-corrected chi connectivity index (χ0v) is 10.3. The molecule has 0 saturated heterocycles. The Morgan fingerprint density at radius 3 is 2.59 bits per heavy atom. The molecule has 0 spiro atoms. The lowest BCUT2D eigenvalue weighted by Gasteiger charge is -2.15. The number of nitrogens with two attached hydrogens (primary N) is 1. The van der Waals surface area contributed by atoms with Crippen molar-refractivity contribution in [3.05, 3.63) is 23.8 Å². The van der Waals surface area contributed by atoms with Crippen molar-refractivity contribution < 1.29 is 4.74 Å². The summed E-state index contributed by atoms with van der Waals surface area (Å²) in [6.45, 7) is 0.892. The van der Waals surface area contributed by atoms with Gasteiger partial charge >= 0.3 is 0 Å². The van der Waals surface area contributed by atoms with E-state index in [-0.39, 0.29) is 0 Å². The molecule has 3 rings (SSSR count). The van der Waals surface area contributed by atoms with Crippen LogP contribution >= 0.6 is 0 Å². The summed E-state index contributed by atoms with van der Waals surface area (Å²) in [5.41, 5.74) is 8.05. The van der Waals surface area contributed by atoms with Gasteiger partial charge in [0, 0.05) is 5.69 Å². The van der Waals surface area contributed by atoms with Crippen LogP contribution in [0.15, 0.2) is 18.2 Å². The molecule has 2 aliphatic carbocycles. The predicted octanol–water partition coefficient (Wildman–Crippen LogP) is 3.72. The molecule has 0 atom stereocenters.